The molecule has 57 heavy (non-hydrogen) atoms. The van der Waals surface area contributed by atoms with E-state index in [0.717, 1.165) is 57.8 Å². The Morgan fingerprint density at radius 3 is 0.702 bits per heavy atom. The minimum absolute atomic E-state index is 0.0624. The molecule has 0 aliphatic carbocycles. The molecule has 0 fully saturated rings. The highest BCUT2D eigenvalue weighted by Gasteiger charge is 2.19. The summed E-state index contributed by atoms with van der Waals surface area (Å²) >= 11 is 0. The van der Waals surface area contributed by atoms with Gasteiger partial charge in [-0.05, 0) is 19.3 Å². The van der Waals surface area contributed by atoms with Crippen molar-refractivity contribution in [2.24, 2.45) is 0 Å². The molecule has 0 aliphatic rings. The van der Waals surface area contributed by atoms with Gasteiger partial charge in [-0.25, -0.2) is 0 Å². The van der Waals surface area contributed by atoms with Crippen molar-refractivity contribution in [1.29, 1.82) is 0 Å². The van der Waals surface area contributed by atoms with Crippen molar-refractivity contribution >= 4 is 17.9 Å². The molecular weight excluding hydrogens is 709 g/mol. The van der Waals surface area contributed by atoms with Gasteiger partial charge in [0.15, 0.2) is 6.10 Å². The summed E-state index contributed by atoms with van der Waals surface area (Å²) in [5.41, 5.74) is 0. The van der Waals surface area contributed by atoms with Gasteiger partial charge in [-0.1, -0.05) is 252 Å². The molecule has 0 amide bonds. The summed E-state index contributed by atoms with van der Waals surface area (Å²) in [6.45, 7) is 6.64. The van der Waals surface area contributed by atoms with Crippen molar-refractivity contribution < 1.29 is 28.6 Å². The SMILES string of the molecule is CCCCCCCCCCCCCCCCCCCCCCC(=O)OCC(COC(=O)CCCCCCCCCCC)OC(=O)CCCCCCCCCCCC. The Hall–Kier alpha value is -1.59. The first-order valence-corrected chi connectivity index (χ1v) is 25.5. The van der Waals surface area contributed by atoms with Gasteiger partial charge in [0.25, 0.3) is 0 Å². The number of rotatable bonds is 47. The van der Waals surface area contributed by atoms with Crippen LogP contribution in [0.25, 0.3) is 0 Å². The number of ether oxygens (including phenoxy) is 3. The Bertz CT molecular complexity index is 844. The standard InChI is InChI=1S/C51H98O6/c1-4-7-10-13-16-19-21-22-23-24-25-26-27-28-29-30-33-35-38-41-44-50(53)56-47-48(46-55-49(52)43-40-37-34-31-18-15-12-9-6-3)57-51(54)45-42-39-36-32-20-17-14-11-8-5-2/h48H,4-47H2,1-3H3. The van der Waals surface area contributed by atoms with Crippen LogP contribution in [-0.2, 0) is 28.6 Å². The number of carbonyl (C=O) groups is 3. The zero-order valence-corrected chi connectivity index (χ0v) is 38.6. The summed E-state index contributed by atoms with van der Waals surface area (Å²) in [6, 6.07) is 0. The molecule has 0 saturated heterocycles. The molecule has 0 aliphatic heterocycles. The van der Waals surface area contributed by atoms with Crippen molar-refractivity contribution in [3.63, 3.8) is 0 Å². The molecule has 0 radical (unpaired) electrons. The first kappa shape index (κ1) is 55.4. The van der Waals surface area contributed by atoms with E-state index >= 15 is 0 Å². The lowest BCUT2D eigenvalue weighted by atomic mass is 10.0. The van der Waals surface area contributed by atoms with E-state index < -0.39 is 6.10 Å². The van der Waals surface area contributed by atoms with Crippen LogP contribution >= 0.6 is 0 Å². The number of esters is 3. The fraction of sp³-hybridized carbons (Fsp3) is 0.941. The van der Waals surface area contributed by atoms with Crippen molar-refractivity contribution in [2.75, 3.05) is 13.2 Å². The molecule has 0 saturated carbocycles. The van der Waals surface area contributed by atoms with Crippen LogP contribution in [0, 0.1) is 0 Å². The molecule has 0 bridgehead atoms. The van der Waals surface area contributed by atoms with Crippen LogP contribution in [0.1, 0.15) is 290 Å². The molecule has 338 valence electrons. The molecule has 0 N–H and O–H groups in total. The lowest BCUT2D eigenvalue weighted by Crippen LogP contribution is -2.30. The van der Waals surface area contributed by atoms with Crippen molar-refractivity contribution in [3.05, 3.63) is 0 Å². The van der Waals surface area contributed by atoms with E-state index in [2.05, 4.69) is 20.8 Å². The van der Waals surface area contributed by atoms with Gasteiger partial charge in [-0.2, -0.15) is 0 Å². The molecule has 6 nitrogen and oxygen atoms in total. The van der Waals surface area contributed by atoms with E-state index in [9.17, 15) is 14.4 Å². The summed E-state index contributed by atoms with van der Waals surface area (Å²) < 4.78 is 16.7. The number of carbonyl (C=O) groups excluding carboxylic acids is 3. The molecule has 1 atom stereocenters. The minimum Gasteiger partial charge on any atom is -0.462 e. The molecule has 0 rings (SSSR count). The van der Waals surface area contributed by atoms with Crippen molar-refractivity contribution in [1.82, 2.24) is 0 Å². The summed E-state index contributed by atoms with van der Waals surface area (Å²) in [6.07, 6.45) is 49.6. The Labute approximate surface area is 355 Å². The maximum atomic E-state index is 12.7. The Balaban J connectivity index is 4.15. The third-order valence-electron chi connectivity index (χ3n) is 11.6. The van der Waals surface area contributed by atoms with Gasteiger partial charge < -0.3 is 14.2 Å². The molecule has 1 unspecified atom stereocenters. The van der Waals surface area contributed by atoms with E-state index in [-0.39, 0.29) is 31.1 Å². The summed E-state index contributed by atoms with van der Waals surface area (Å²) in [5.74, 6) is -0.849. The van der Waals surface area contributed by atoms with Crippen molar-refractivity contribution in [3.8, 4) is 0 Å². The van der Waals surface area contributed by atoms with Crippen LogP contribution in [0.15, 0.2) is 0 Å². The maximum Gasteiger partial charge on any atom is 0.306 e. The van der Waals surface area contributed by atoms with E-state index in [0.29, 0.717) is 19.3 Å². The average molecular weight is 807 g/mol. The summed E-state index contributed by atoms with van der Waals surface area (Å²) in [4.78, 5) is 37.7. The largest absolute Gasteiger partial charge is 0.462 e. The highest BCUT2D eigenvalue weighted by molar-refractivity contribution is 5.71. The Morgan fingerprint density at radius 1 is 0.281 bits per heavy atom. The second-order valence-electron chi connectivity index (χ2n) is 17.5. The second kappa shape index (κ2) is 47.1. The fourth-order valence-corrected chi connectivity index (χ4v) is 7.74. The number of unbranched alkanes of at least 4 members (excludes halogenated alkanes) is 36. The third-order valence-corrected chi connectivity index (χ3v) is 11.6. The van der Waals surface area contributed by atoms with Gasteiger partial charge in [0.2, 0.25) is 0 Å². The summed E-state index contributed by atoms with van der Waals surface area (Å²) in [7, 11) is 0. The van der Waals surface area contributed by atoms with Gasteiger partial charge in [0, 0.05) is 19.3 Å². The molecule has 0 aromatic carbocycles. The third kappa shape index (κ3) is 45.3. The normalized spacial score (nSPS) is 11.8. The van der Waals surface area contributed by atoms with Gasteiger partial charge in [-0.15, -0.1) is 0 Å². The monoisotopic (exact) mass is 807 g/mol. The molecule has 0 aromatic rings. The van der Waals surface area contributed by atoms with Crippen LogP contribution < -0.4 is 0 Å². The first-order valence-electron chi connectivity index (χ1n) is 25.5. The molecular formula is C51H98O6. The average Bonchev–Trinajstić information content (AvgIpc) is 3.21. The predicted molar refractivity (Wildman–Crippen MR) is 243 cm³/mol. The fourth-order valence-electron chi connectivity index (χ4n) is 7.74. The lowest BCUT2D eigenvalue weighted by molar-refractivity contribution is -0.167. The van der Waals surface area contributed by atoms with Crippen LogP contribution in [0.5, 0.6) is 0 Å². The maximum absolute atomic E-state index is 12.7. The van der Waals surface area contributed by atoms with E-state index in [1.807, 2.05) is 0 Å². The van der Waals surface area contributed by atoms with Crippen LogP contribution in [0.3, 0.4) is 0 Å². The summed E-state index contributed by atoms with van der Waals surface area (Å²) in [5, 5.41) is 0. The highest BCUT2D eigenvalue weighted by atomic mass is 16.6. The second-order valence-corrected chi connectivity index (χ2v) is 17.5. The van der Waals surface area contributed by atoms with E-state index in [1.165, 1.54) is 193 Å². The zero-order valence-electron chi connectivity index (χ0n) is 38.6. The first-order chi connectivity index (χ1) is 28.0. The zero-order chi connectivity index (χ0) is 41.5. The van der Waals surface area contributed by atoms with Crippen LogP contribution in [0.2, 0.25) is 0 Å². The molecule has 0 heterocycles. The highest BCUT2D eigenvalue weighted by Crippen LogP contribution is 2.17. The number of hydrogen-bond donors (Lipinski definition) is 0. The molecule has 0 aromatic heterocycles. The van der Waals surface area contributed by atoms with Gasteiger partial charge in [-0.3, -0.25) is 14.4 Å². The number of hydrogen-bond acceptors (Lipinski definition) is 6. The topological polar surface area (TPSA) is 78.9 Å². The van der Waals surface area contributed by atoms with E-state index in [4.69, 9.17) is 14.2 Å². The lowest BCUT2D eigenvalue weighted by Gasteiger charge is -2.18. The van der Waals surface area contributed by atoms with Crippen molar-refractivity contribution in [2.45, 2.75) is 297 Å². The van der Waals surface area contributed by atoms with E-state index in [1.54, 1.807) is 0 Å². The quantitative estimate of drug-likeness (QED) is 0.0346. The van der Waals surface area contributed by atoms with Crippen LogP contribution in [0.4, 0.5) is 0 Å². The predicted octanol–water partition coefficient (Wildman–Crippen LogP) is 16.4. The van der Waals surface area contributed by atoms with Gasteiger partial charge in [0.1, 0.15) is 13.2 Å². The molecule has 6 heteroatoms. The Kier molecular flexibility index (Phi) is 45.8. The smallest absolute Gasteiger partial charge is 0.306 e. The molecule has 0 spiro atoms. The Morgan fingerprint density at radius 2 is 0.474 bits per heavy atom. The van der Waals surface area contributed by atoms with Gasteiger partial charge in [0.05, 0.1) is 0 Å². The minimum atomic E-state index is -0.758. The van der Waals surface area contributed by atoms with Gasteiger partial charge >= 0.3 is 17.9 Å². The van der Waals surface area contributed by atoms with Crippen LogP contribution in [-0.4, -0.2) is 37.2 Å².